The quantitative estimate of drug-likeness (QED) is 0.796. The van der Waals surface area contributed by atoms with E-state index in [9.17, 15) is 8.78 Å². The van der Waals surface area contributed by atoms with Crippen LogP contribution in [0.15, 0.2) is 18.2 Å². The molecular formula is C14H19F2N. The lowest BCUT2D eigenvalue weighted by molar-refractivity contribution is 0.157. The summed E-state index contributed by atoms with van der Waals surface area (Å²) in [6, 6.07) is 3.72. The van der Waals surface area contributed by atoms with Crippen LogP contribution < -0.4 is 5.73 Å². The number of nitrogens with two attached hydrogens (primary N) is 1. The molecule has 0 amide bonds. The van der Waals surface area contributed by atoms with Gasteiger partial charge in [0.05, 0.1) is 0 Å². The second-order valence-electron chi connectivity index (χ2n) is 5.45. The van der Waals surface area contributed by atoms with Crippen LogP contribution in [-0.4, -0.2) is 0 Å². The van der Waals surface area contributed by atoms with Gasteiger partial charge in [-0.3, -0.25) is 0 Å². The zero-order valence-corrected chi connectivity index (χ0v) is 10.3. The molecule has 0 spiro atoms. The van der Waals surface area contributed by atoms with E-state index in [1.165, 1.54) is 12.1 Å². The highest BCUT2D eigenvalue weighted by Crippen LogP contribution is 2.42. The van der Waals surface area contributed by atoms with E-state index < -0.39 is 17.2 Å². The molecule has 94 valence electrons. The van der Waals surface area contributed by atoms with Crippen molar-refractivity contribution in [2.75, 3.05) is 0 Å². The molecule has 1 saturated carbocycles. The summed E-state index contributed by atoms with van der Waals surface area (Å²) in [5, 5.41) is 0. The molecule has 3 unspecified atom stereocenters. The van der Waals surface area contributed by atoms with Crippen LogP contribution in [-0.2, 0) is 5.54 Å². The van der Waals surface area contributed by atoms with Crippen LogP contribution in [0.5, 0.6) is 0 Å². The minimum Gasteiger partial charge on any atom is -0.321 e. The first-order chi connectivity index (χ1) is 7.93. The van der Waals surface area contributed by atoms with Crippen molar-refractivity contribution in [1.29, 1.82) is 0 Å². The number of halogens is 2. The Morgan fingerprint density at radius 3 is 2.59 bits per heavy atom. The first-order valence-corrected chi connectivity index (χ1v) is 6.18. The van der Waals surface area contributed by atoms with Crippen molar-refractivity contribution in [2.45, 2.75) is 38.6 Å². The van der Waals surface area contributed by atoms with E-state index in [4.69, 9.17) is 5.73 Å². The van der Waals surface area contributed by atoms with Crippen LogP contribution in [0.25, 0.3) is 0 Å². The predicted molar refractivity (Wildman–Crippen MR) is 64.4 cm³/mol. The normalized spacial score (nSPS) is 33.7. The van der Waals surface area contributed by atoms with Gasteiger partial charge in [0.1, 0.15) is 11.6 Å². The predicted octanol–water partition coefficient (Wildman–Crippen LogP) is 3.57. The summed E-state index contributed by atoms with van der Waals surface area (Å²) < 4.78 is 26.8. The van der Waals surface area contributed by atoms with Gasteiger partial charge in [-0.05, 0) is 30.7 Å². The maximum absolute atomic E-state index is 13.9. The smallest absolute Gasteiger partial charge is 0.131 e. The summed E-state index contributed by atoms with van der Waals surface area (Å²) in [6.07, 6.45) is 2.88. The fourth-order valence-corrected chi connectivity index (χ4v) is 2.91. The second-order valence-corrected chi connectivity index (χ2v) is 5.45. The molecule has 1 aromatic rings. The Bertz CT molecular complexity index is 419. The molecule has 0 heterocycles. The van der Waals surface area contributed by atoms with Crippen molar-refractivity contribution in [3.05, 3.63) is 35.4 Å². The van der Waals surface area contributed by atoms with Crippen molar-refractivity contribution >= 4 is 0 Å². The molecule has 1 nitrogen and oxygen atoms in total. The van der Waals surface area contributed by atoms with Crippen molar-refractivity contribution in [1.82, 2.24) is 0 Å². The van der Waals surface area contributed by atoms with Gasteiger partial charge in [0.25, 0.3) is 0 Å². The standard InChI is InChI=1S/C14H19F2N/c1-9-3-4-10(2)14(17,8-9)12-6-5-11(15)7-13(12)16/h5-7,9-10H,3-4,8,17H2,1-2H3. The Labute approximate surface area is 101 Å². The molecule has 1 aromatic carbocycles. The van der Waals surface area contributed by atoms with Crippen LogP contribution in [0, 0.1) is 23.5 Å². The van der Waals surface area contributed by atoms with Crippen LogP contribution in [0.1, 0.15) is 38.7 Å². The van der Waals surface area contributed by atoms with Crippen LogP contribution in [0.4, 0.5) is 8.78 Å². The summed E-state index contributed by atoms with van der Waals surface area (Å²) in [5.41, 5.74) is 6.20. The minimum atomic E-state index is -0.657. The molecule has 0 aliphatic heterocycles. The molecule has 3 atom stereocenters. The van der Waals surface area contributed by atoms with Gasteiger partial charge in [0.2, 0.25) is 0 Å². The van der Waals surface area contributed by atoms with E-state index in [1.54, 1.807) is 0 Å². The Morgan fingerprint density at radius 2 is 1.94 bits per heavy atom. The Kier molecular flexibility index (Phi) is 3.21. The molecular weight excluding hydrogens is 220 g/mol. The molecule has 2 N–H and O–H groups in total. The molecule has 0 bridgehead atoms. The van der Waals surface area contributed by atoms with Crippen molar-refractivity contribution < 1.29 is 8.78 Å². The van der Waals surface area contributed by atoms with Gasteiger partial charge in [-0.1, -0.05) is 26.3 Å². The Hall–Kier alpha value is -0.960. The van der Waals surface area contributed by atoms with Crippen LogP contribution >= 0.6 is 0 Å². The van der Waals surface area contributed by atoms with Gasteiger partial charge in [-0.15, -0.1) is 0 Å². The van der Waals surface area contributed by atoms with Gasteiger partial charge in [-0.25, -0.2) is 8.78 Å². The molecule has 0 saturated heterocycles. The molecule has 3 heteroatoms. The topological polar surface area (TPSA) is 26.0 Å². The number of benzene rings is 1. The monoisotopic (exact) mass is 239 g/mol. The summed E-state index contributed by atoms with van der Waals surface area (Å²) in [4.78, 5) is 0. The third-order valence-corrected chi connectivity index (χ3v) is 4.09. The highest BCUT2D eigenvalue weighted by atomic mass is 19.1. The summed E-state index contributed by atoms with van der Waals surface area (Å²) in [6.45, 7) is 4.18. The number of hydrogen-bond acceptors (Lipinski definition) is 1. The van der Waals surface area contributed by atoms with E-state index >= 15 is 0 Å². The maximum atomic E-state index is 13.9. The van der Waals surface area contributed by atoms with E-state index in [0.717, 1.165) is 25.3 Å². The SMILES string of the molecule is CC1CCC(C)C(N)(c2ccc(F)cc2F)C1. The van der Waals surface area contributed by atoms with Crippen molar-refractivity contribution in [3.8, 4) is 0 Å². The van der Waals surface area contributed by atoms with Gasteiger partial charge in [0, 0.05) is 17.2 Å². The van der Waals surface area contributed by atoms with Gasteiger partial charge >= 0.3 is 0 Å². The van der Waals surface area contributed by atoms with Gasteiger partial charge < -0.3 is 5.73 Å². The maximum Gasteiger partial charge on any atom is 0.131 e. The molecule has 1 fully saturated rings. The lowest BCUT2D eigenvalue weighted by Crippen LogP contribution is -2.47. The van der Waals surface area contributed by atoms with Gasteiger partial charge in [0.15, 0.2) is 0 Å². The molecule has 2 rings (SSSR count). The molecule has 0 radical (unpaired) electrons. The summed E-state index contributed by atoms with van der Waals surface area (Å²) in [5.74, 6) is -0.362. The second kappa shape index (κ2) is 4.37. The number of rotatable bonds is 1. The Morgan fingerprint density at radius 1 is 1.24 bits per heavy atom. The van der Waals surface area contributed by atoms with Crippen LogP contribution in [0.3, 0.4) is 0 Å². The number of hydrogen-bond donors (Lipinski definition) is 1. The fourth-order valence-electron chi connectivity index (χ4n) is 2.91. The highest BCUT2D eigenvalue weighted by molar-refractivity contribution is 5.28. The van der Waals surface area contributed by atoms with E-state index in [1.807, 2.05) is 0 Å². The third-order valence-electron chi connectivity index (χ3n) is 4.09. The molecule has 1 aliphatic rings. The van der Waals surface area contributed by atoms with E-state index in [2.05, 4.69) is 13.8 Å². The lowest BCUT2D eigenvalue weighted by atomic mass is 9.67. The highest BCUT2D eigenvalue weighted by Gasteiger charge is 2.40. The van der Waals surface area contributed by atoms with E-state index in [-0.39, 0.29) is 5.92 Å². The lowest BCUT2D eigenvalue weighted by Gasteiger charge is -2.42. The first-order valence-electron chi connectivity index (χ1n) is 6.18. The fraction of sp³-hybridized carbons (Fsp3) is 0.571. The summed E-state index contributed by atoms with van der Waals surface area (Å²) in [7, 11) is 0. The average Bonchev–Trinajstić information content (AvgIpc) is 2.23. The average molecular weight is 239 g/mol. The van der Waals surface area contributed by atoms with Crippen molar-refractivity contribution in [2.24, 2.45) is 17.6 Å². The minimum absolute atomic E-state index is 0.221. The van der Waals surface area contributed by atoms with Gasteiger partial charge in [-0.2, -0.15) is 0 Å². The third kappa shape index (κ3) is 2.21. The Balaban J connectivity index is 2.42. The van der Waals surface area contributed by atoms with E-state index in [0.29, 0.717) is 11.5 Å². The molecule has 17 heavy (non-hydrogen) atoms. The van der Waals surface area contributed by atoms with Crippen LogP contribution in [0.2, 0.25) is 0 Å². The zero-order valence-electron chi connectivity index (χ0n) is 10.3. The first kappa shape index (κ1) is 12.5. The largest absolute Gasteiger partial charge is 0.321 e. The molecule has 0 aromatic heterocycles. The summed E-state index contributed by atoms with van der Waals surface area (Å²) >= 11 is 0. The molecule has 1 aliphatic carbocycles. The van der Waals surface area contributed by atoms with Crippen molar-refractivity contribution in [3.63, 3.8) is 0 Å². The zero-order chi connectivity index (χ0) is 12.6.